The molecule has 0 N–H and O–H groups in total. The van der Waals surface area contributed by atoms with E-state index in [1.165, 1.54) is 10.9 Å². The minimum Gasteiger partial charge on any atom is -0.386 e. The van der Waals surface area contributed by atoms with Gasteiger partial charge in [0, 0.05) is 98.1 Å². The summed E-state index contributed by atoms with van der Waals surface area (Å²) in [6, 6.07) is 9.99. The summed E-state index contributed by atoms with van der Waals surface area (Å²) >= 11 is 0. The Morgan fingerprint density at radius 3 is 2.06 bits per heavy atom. The van der Waals surface area contributed by atoms with Gasteiger partial charge in [0.2, 0.25) is 0 Å². The number of hydrogen-bond donors (Lipinski definition) is 0. The molecular weight excluding hydrogens is 437 g/mol. The Kier molecular flexibility index (Phi) is 25.7. The van der Waals surface area contributed by atoms with Gasteiger partial charge in [0.1, 0.15) is 0 Å². The number of fused-ring (bicyclic) bond motifs is 1. The fraction of sp³-hybridized carbons (Fsp3) is 0.231. The number of aromatic nitrogens is 1. The summed E-state index contributed by atoms with van der Waals surface area (Å²) in [6.07, 6.45) is 2.85. The maximum absolute atomic E-state index is 4.12. The van der Waals surface area contributed by atoms with Crippen molar-refractivity contribution in [3.8, 4) is 0 Å². The Hall–Kier alpha value is 1.94. The van der Waals surface area contributed by atoms with Crippen LogP contribution < -0.4 is 0 Å². The average Bonchev–Trinajstić information content (AvgIpc) is 2.22. The van der Waals surface area contributed by atoms with E-state index in [1.807, 2.05) is 38.1 Å². The molecular formula is C13H17NY3-2. The fourth-order valence-electron chi connectivity index (χ4n) is 1.18. The van der Waals surface area contributed by atoms with E-state index in [0.29, 0.717) is 0 Å². The molecule has 4 heteroatoms. The minimum absolute atomic E-state index is 0. The average molecular weight is 454 g/mol. The molecule has 0 saturated carbocycles. The second kappa shape index (κ2) is 16.0. The molecule has 1 nitrogen and oxygen atoms in total. The van der Waals surface area contributed by atoms with Crippen molar-refractivity contribution < 1.29 is 98.1 Å². The third-order valence-electron chi connectivity index (χ3n) is 1.79. The first kappa shape index (κ1) is 27.3. The van der Waals surface area contributed by atoms with Gasteiger partial charge in [-0.2, -0.15) is 6.07 Å². The number of para-hydroxylation sites is 1. The van der Waals surface area contributed by atoms with Gasteiger partial charge in [0.25, 0.3) is 0 Å². The third kappa shape index (κ3) is 8.66. The molecule has 0 unspecified atom stereocenters. The smallest absolute Gasteiger partial charge is 0 e. The zero-order chi connectivity index (χ0) is 9.68. The van der Waals surface area contributed by atoms with E-state index >= 15 is 0 Å². The minimum atomic E-state index is 0. The molecule has 2 rings (SSSR count). The standard InChI is InChI=1S/C10H8N.C2H6.CH3.3Y/c1-8-6-7-11-10-5-3-2-4-9(8)10;1-2;;;;/h2-6H,1H3;1-2H3;1H3;;;/q-1;;-1;;;. The van der Waals surface area contributed by atoms with E-state index in [0.717, 1.165) is 5.52 Å². The topological polar surface area (TPSA) is 12.9 Å². The maximum Gasteiger partial charge on any atom is 0 e. The molecule has 1 aromatic carbocycles. The van der Waals surface area contributed by atoms with Crippen molar-refractivity contribution in [2.24, 2.45) is 0 Å². The van der Waals surface area contributed by atoms with Crippen LogP contribution in [0.5, 0.6) is 0 Å². The normalized spacial score (nSPS) is 7.00. The second-order valence-electron chi connectivity index (χ2n) is 2.59. The molecule has 0 bridgehead atoms. The number of rotatable bonds is 0. The Bertz CT molecular complexity index is 386. The van der Waals surface area contributed by atoms with E-state index in [1.54, 1.807) is 0 Å². The quantitative estimate of drug-likeness (QED) is 0.553. The van der Waals surface area contributed by atoms with E-state index < -0.39 is 0 Å². The van der Waals surface area contributed by atoms with Crippen molar-refractivity contribution in [1.29, 1.82) is 0 Å². The van der Waals surface area contributed by atoms with Crippen molar-refractivity contribution in [3.05, 3.63) is 49.5 Å². The van der Waals surface area contributed by atoms with Crippen LogP contribution in [0.25, 0.3) is 10.9 Å². The number of pyridine rings is 1. The number of nitrogens with zero attached hydrogens (tertiary/aromatic N) is 1. The Labute approximate surface area is 181 Å². The number of benzene rings is 1. The van der Waals surface area contributed by atoms with Gasteiger partial charge in [-0.3, -0.25) is 0 Å². The SMILES string of the molecule is CC.Cc1c[c-]nc2ccccc12.[CH3-].[Y].[Y].[Y]. The third-order valence-corrected chi connectivity index (χ3v) is 1.79. The molecule has 17 heavy (non-hydrogen) atoms. The molecule has 0 aliphatic heterocycles. The van der Waals surface area contributed by atoms with Gasteiger partial charge in [0.15, 0.2) is 0 Å². The van der Waals surface area contributed by atoms with Crippen molar-refractivity contribution in [3.63, 3.8) is 0 Å². The predicted molar refractivity (Wildman–Crippen MR) is 63.1 cm³/mol. The van der Waals surface area contributed by atoms with Gasteiger partial charge in [-0.15, -0.1) is 10.9 Å². The van der Waals surface area contributed by atoms with Gasteiger partial charge in [-0.1, -0.05) is 51.2 Å². The first-order chi connectivity index (χ1) is 6.38. The maximum atomic E-state index is 4.12. The van der Waals surface area contributed by atoms with Crippen molar-refractivity contribution >= 4 is 10.9 Å². The van der Waals surface area contributed by atoms with E-state index in [2.05, 4.69) is 24.2 Å². The molecule has 0 aliphatic carbocycles. The van der Waals surface area contributed by atoms with Gasteiger partial charge < -0.3 is 12.4 Å². The summed E-state index contributed by atoms with van der Waals surface area (Å²) in [4.78, 5) is 4.12. The van der Waals surface area contributed by atoms with Crippen LogP contribution >= 0.6 is 0 Å². The summed E-state index contributed by atoms with van der Waals surface area (Å²) in [7, 11) is 0. The predicted octanol–water partition coefficient (Wildman–Crippen LogP) is 3.81. The van der Waals surface area contributed by atoms with Crippen LogP contribution in [0.4, 0.5) is 0 Å². The van der Waals surface area contributed by atoms with Crippen LogP contribution in [-0.4, -0.2) is 4.98 Å². The molecule has 3 radical (unpaired) electrons. The summed E-state index contributed by atoms with van der Waals surface area (Å²) in [6.45, 7) is 6.07. The monoisotopic (exact) mass is 454 g/mol. The Morgan fingerprint density at radius 1 is 1.00 bits per heavy atom. The van der Waals surface area contributed by atoms with E-state index in [-0.39, 0.29) is 106 Å². The molecule has 0 atom stereocenters. The van der Waals surface area contributed by atoms with Crippen LogP contribution in [0.1, 0.15) is 19.4 Å². The fourth-order valence-corrected chi connectivity index (χ4v) is 1.18. The van der Waals surface area contributed by atoms with Crippen molar-refractivity contribution in [1.82, 2.24) is 4.98 Å². The van der Waals surface area contributed by atoms with E-state index in [4.69, 9.17) is 0 Å². The first-order valence-electron chi connectivity index (χ1n) is 4.60. The Balaban J connectivity index is -0.000000134. The Morgan fingerprint density at radius 2 is 1.53 bits per heavy atom. The summed E-state index contributed by atoms with van der Waals surface area (Å²) in [5.41, 5.74) is 2.25. The number of aryl methyl sites for hydroxylation is 1. The molecule has 1 heterocycles. The van der Waals surface area contributed by atoms with E-state index in [9.17, 15) is 0 Å². The van der Waals surface area contributed by atoms with Gasteiger partial charge in [0.05, 0.1) is 0 Å². The zero-order valence-corrected chi connectivity index (χ0v) is 19.6. The summed E-state index contributed by atoms with van der Waals surface area (Å²) in [5, 5.41) is 1.21. The molecule has 0 aliphatic rings. The molecule has 85 valence electrons. The molecule has 2 aromatic rings. The van der Waals surface area contributed by atoms with Crippen LogP contribution in [0.2, 0.25) is 0 Å². The van der Waals surface area contributed by atoms with Gasteiger partial charge >= 0.3 is 0 Å². The summed E-state index contributed by atoms with van der Waals surface area (Å²) < 4.78 is 0. The van der Waals surface area contributed by atoms with Crippen LogP contribution in [0.3, 0.4) is 0 Å². The van der Waals surface area contributed by atoms with Crippen molar-refractivity contribution in [2.45, 2.75) is 20.8 Å². The molecule has 0 amide bonds. The van der Waals surface area contributed by atoms with Gasteiger partial charge in [-0.05, 0) is 5.52 Å². The molecule has 1 aromatic heterocycles. The molecule has 0 fully saturated rings. The first-order valence-corrected chi connectivity index (χ1v) is 4.60. The summed E-state index contributed by atoms with van der Waals surface area (Å²) in [5.74, 6) is 0. The van der Waals surface area contributed by atoms with Crippen LogP contribution in [0, 0.1) is 20.5 Å². The molecule has 0 spiro atoms. The van der Waals surface area contributed by atoms with Crippen molar-refractivity contribution in [2.75, 3.05) is 0 Å². The second-order valence-corrected chi connectivity index (χ2v) is 2.59. The van der Waals surface area contributed by atoms with Crippen LogP contribution in [0.15, 0.2) is 30.3 Å². The zero-order valence-electron chi connectivity index (χ0n) is 11.1. The molecule has 0 saturated heterocycles. The number of hydrogen-bond acceptors (Lipinski definition) is 1. The van der Waals surface area contributed by atoms with Crippen LogP contribution in [-0.2, 0) is 98.1 Å². The largest absolute Gasteiger partial charge is 0.386 e. The van der Waals surface area contributed by atoms with Gasteiger partial charge in [-0.25, -0.2) is 0 Å².